The van der Waals surface area contributed by atoms with Gasteiger partial charge in [-0.3, -0.25) is 4.98 Å². The predicted octanol–water partition coefficient (Wildman–Crippen LogP) is 0.772. The zero-order chi connectivity index (χ0) is 11.5. The quantitative estimate of drug-likeness (QED) is 0.710. The van der Waals surface area contributed by atoms with E-state index in [-0.39, 0.29) is 6.54 Å². The summed E-state index contributed by atoms with van der Waals surface area (Å²) in [4.78, 5) is 11.3. The van der Waals surface area contributed by atoms with Crippen molar-refractivity contribution < 1.29 is 5.11 Å². The predicted molar refractivity (Wildman–Crippen MR) is 60.6 cm³/mol. The van der Waals surface area contributed by atoms with E-state index in [0.29, 0.717) is 5.82 Å². The Kier molecular flexibility index (Phi) is 2.98. The number of nitrogens with one attached hydrogen (secondary N) is 1. The lowest BCUT2D eigenvalue weighted by Gasteiger charge is -2.01. The van der Waals surface area contributed by atoms with Crippen molar-refractivity contribution in [3.63, 3.8) is 0 Å². The molecule has 2 aromatic rings. The van der Waals surface area contributed by atoms with Gasteiger partial charge >= 0.3 is 0 Å². The van der Waals surface area contributed by atoms with Crippen LogP contribution in [0, 0.1) is 6.92 Å². The highest BCUT2D eigenvalue weighted by Crippen LogP contribution is 2.22. The van der Waals surface area contributed by atoms with E-state index >= 15 is 0 Å². The third kappa shape index (κ3) is 1.95. The van der Waals surface area contributed by atoms with E-state index in [1.807, 2.05) is 19.1 Å². The molecule has 5 heteroatoms. The Balaban J connectivity index is 2.40. The van der Waals surface area contributed by atoms with Gasteiger partial charge in [-0.2, -0.15) is 0 Å². The first-order valence-corrected chi connectivity index (χ1v) is 5.07. The van der Waals surface area contributed by atoms with Gasteiger partial charge in [0.05, 0.1) is 5.69 Å². The number of hydrogen-bond acceptors (Lipinski definition) is 4. The lowest BCUT2D eigenvalue weighted by molar-refractivity contribution is 0.177. The lowest BCUT2D eigenvalue weighted by Crippen LogP contribution is -2.12. The fourth-order valence-corrected chi connectivity index (χ4v) is 1.54. The summed E-state index contributed by atoms with van der Waals surface area (Å²) in [5.41, 5.74) is 8.09. The van der Waals surface area contributed by atoms with Crippen LogP contribution in [0.25, 0.3) is 11.3 Å². The molecule has 5 nitrogen and oxygen atoms in total. The summed E-state index contributed by atoms with van der Waals surface area (Å²) in [7, 11) is 0. The van der Waals surface area contributed by atoms with E-state index in [1.54, 1.807) is 12.4 Å². The van der Waals surface area contributed by atoms with Gasteiger partial charge in [0.15, 0.2) is 0 Å². The van der Waals surface area contributed by atoms with Crippen LogP contribution in [0.5, 0.6) is 0 Å². The Morgan fingerprint density at radius 1 is 1.44 bits per heavy atom. The van der Waals surface area contributed by atoms with E-state index in [0.717, 1.165) is 17.0 Å². The molecule has 0 bridgehead atoms. The van der Waals surface area contributed by atoms with Gasteiger partial charge in [-0.15, -0.1) is 0 Å². The Hall–Kier alpha value is -1.72. The van der Waals surface area contributed by atoms with Crippen LogP contribution in [-0.4, -0.2) is 26.6 Å². The number of pyridine rings is 1. The molecule has 0 radical (unpaired) electrons. The molecule has 0 aliphatic heterocycles. The number of aromatic amines is 1. The summed E-state index contributed by atoms with van der Waals surface area (Å²) >= 11 is 0. The molecule has 0 fully saturated rings. The van der Waals surface area contributed by atoms with Gasteiger partial charge in [0.25, 0.3) is 0 Å². The Morgan fingerprint density at radius 2 is 2.12 bits per heavy atom. The third-order valence-electron chi connectivity index (χ3n) is 2.40. The zero-order valence-electron chi connectivity index (χ0n) is 9.01. The first-order valence-electron chi connectivity index (χ1n) is 5.07. The molecule has 0 saturated heterocycles. The number of rotatable bonds is 3. The number of nitrogens with zero attached hydrogens (tertiary/aromatic N) is 2. The molecule has 4 N–H and O–H groups in total. The second kappa shape index (κ2) is 4.42. The highest BCUT2D eigenvalue weighted by atomic mass is 16.3. The van der Waals surface area contributed by atoms with Gasteiger partial charge in [0.2, 0.25) is 0 Å². The molecule has 0 saturated carbocycles. The van der Waals surface area contributed by atoms with Crippen molar-refractivity contribution in [1.82, 2.24) is 15.0 Å². The van der Waals surface area contributed by atoms with Crippen LogP contribution < -0.4 is 5.73 Å². The van der Waals surface area contributed by atoms with Crippen LogP contribution in [0.1, 0.15) is 17.6 Å². The highest BCUT2D eigenvalue weighted by Gasteiger charge is 2.13. The SMILES string of the molecule is Cc1[nH]c(C(O)CN)nc1-c1ccncc1. The average molecular weight is 218 g/mol. The van der Waals surface area contributed by atoms with Crippen molar-refractivity contribution in [2.45, 2.75) is 13.0 Å². The van der Waals surface area contributed by atoms with Crippen molar-refractivity contribution in [1.29, 1.82) is 0 Å². The van der Waals surface area contributed by atoms with Crippen molar-refractivity contribution in [3.8, 4) is 11.3 Å². The molecule has 2 aromatic heterocycles. The number of aliphatic hydroxyl groups excluding tert-OH is 1. The monoisotopic (exact) mass is 218 g/mol. The van der Waals surface area contributed by atoms with E-state index < -0.39 is 6.10 Å². The Labute approximate surface area is 93.4 Å². The summed E-state index contributed by atoms with van der Waals surface area (Å²) in [6.45, 7) is 2.07. The smallest absolute Gasteiger partial charge is 0.137 e. The molecule has 1 atom stereocenters. The number of aliphatic hydroxyl groups is 1. The molecule has 0 aliphatic carbocycles. The molecular formula is C11H14N4O. The van der Waals surface area contributed by atoms with Crippen LogP contribution in [0.2, 0.25) is 0 Å². The van der Waals surface area contributed by atoms with E-state index in [4.69, 9.17) is 5.73 Å². The van der Waals surface area contributed by atoms with Crippen LogP contribution in [0.15, 0.2) is 24.5 Å². The largest absolute Gasteiger partial charge is 0.384 e. The minimum absolute atomic E-state index is 0.155. The second-order valence-corrected chi connectivity index (χ2v) is 3.58. The second-order valence-electron chi connectivity index (χ2n) is 3.58. The topological polar surface area (TPSA) is 87.8 Å². The number of imidazole rings is 1. The third-order valence-corrected chi connectivity index (χ3v) is 2.40. The molecule has 0 aromatic carbocycles. The minimum atomic E-state index is -0.741. The van der Waals surface area contributed by atoms with Crippen molar-refractivity contribution in [2.24, 2.45) is 5.73 Å². The number of nitrogens with two attached hydrogens (primary N) is 1. The fourth-order valence-electron chi connectivity index (χ4n) is 1.54. The molecule has 84 valence electrons. The van der Waals surface area contributed by atoms with Gasteiger partial charge < -0.3 is 15.8 Å². The number of hydrogen-bond donors (Lipinski definition) is 3. The fraction of sp³-hybridized carbons (Fsp3) is 0.273. The zero-order valence-corrected chi connectivity index (χ0v) is 9.01. The lowest BCUT2D eigenvalue weighted by atomic mass is 10.2. The molecule has 2 rings (SSSR count). The summed E-state index contributed by atoms with van der Waals surface area (Å²) in [5.74, 6) is 0.506. The maximum Gasteiger partial charge on any atom is 0.137 e. The van der Waals surface area contributed by atoms with Gasteiger partial charge in [-0.1, -0.05) is 0 Å². The molecule has 0 amide bonds. The van der Waals surface area contributed by atoms with Crippen molar-refractivity contribution in [3.05, 3.63) is 36.0 Å². The van der Waals surface area contributed by atoms with Crippen LogP contribution >= 0.6 is 0 Å². The number of aryl methyl sites for hydroxylation is 1. The van der Waals surface area contributed by atoms with Gasteiger partial charge in [-0.25, -0.2) is 4.98 Å². The van der Waals surface area contributed by atoms with Crippen LogP contribution in [-0.2, 0) is 0 Å². The Bertz CT molecular complexity index is 466. The van der Waals surface area contributed by atoms with E-state index in [1.165, 1.54) is 0 Å². The molecule has 16 heavy (non-hydrogen) atoms. The van der Waals surface area contributed by atoms with Crippen LogP contribution in [0.3, 0.4) is 0 Å². The molecule has 2 heterocycles. The summed E-state index contributed by atoms with van der Waals surface area (Å²) in [6, 6.07) is 3.75. The van der Waals surface area contributed by atoms with E-state index in [2.05, 4.69) is 15.0 Å². The minimum Gasteiger partial charge on any atom is -0.384 e. The number of H-pyrrole nitrogens is 1. The van der Waals surface area contributed by atoms with Gasteiger partial charge in [-0.05, 0) is 19.1 Å². The van der Waals surface area contributed by atoms with Crippen molar-refractivity contribution >= 4 is 0 Å². The van der Waals surface area contributed by atoms with Gasteiger partial charge in [0.1, 0.15) is 11.9 Å². The molecule has 0 spiro atoms. The average Bonchev–Trinajstić information content (AvgIpc) is 2.71. The summed E-state index contributed by atoms with van der Waals surface area (Å²) in [5, 5.41) is 9.58. The maximum atomic E-state index is 9.58. The normalized spacial score (nSPS) is 12.7. The van der Waals surface area contributed by atoms with E-state index in [9.17, 15) is 5.11 Å². The van der Waals surface area contributed by atoms with Crippen LogP contribution in [0.4, 0.5) is 0 Å². The number of aromatic nitrogens is 3. The molecular weight excluding hydrogens is 204 g/mol. The molecule has 1 unspecified atom stereocenters. The van der Waals surface area contributed by atoms with Gasteiger partial charge in [0, 0.05) is 30.2 Å². The molecule has 0 aliphatic rings. The maximum absolute atomic E-state index is 9.58. The standard InChI is InChI=1S/C11H14N4O/c1-7-10(8-2-4-13-5-3-8)15-11(14-7)9(16)6-12/h2-5,9,16H,6,12H2,1H3,(H,14,15). The first kappa shape index (κ1) is 10.8. The van der Waals surface area contributed by atoms with Crippen molar-refractivity contribution in [2.75, 3.05) is 6.54 Å². The summed E-state index contributed by atoms with van der Waals surface area (Å²) in [6.07, 6.45) is 2.68. The Morgan fingerprint density at radius 3 is 2.75 bits per heavy atom. The first-order chi connectivity index (χ1) is 7.72. The highest BCUT2D eigenvalue weighted by molar-refractivity contribution is 5.61. The summed E-state index contributed by atoms with van der Waals surface area (Å²) < 4.78 is 0.